The molecule has 0 amide bonds. The molecule has 0 bridgehead atoms. The van der Waals surface area contributed by atoms with E-state index < -0.39 is 0 Å². The van der Waals surface area contributed by atoms with Gasteiger partial charge in [0, 0.05) is 26.1 Å². The normalized spacial score (nSPS) is 42.8. The second-order valence-electron chi connectivity index (χ2n) is 2.99. The molecule has 2 fully saturated rings. The monoisotopic (exact) mass is 158 g/mol. The lowest BCUT2D eigenvalue weighted by Crippen LogP contribution is -2.59. The average Bonchev–Trinajstić information content (AvgIpc) is 1.79. The van der Waals surface area contributed by atoms with Crippen LogP contribution in [0.4, 0.5) is 0 Å². The van der Waals surface area contributed by atoms with Crippen molar-refractivity contribution in [3.8, 4) is 0 Å². The molecule has 0 saturated carbocycles. The highest BCUT2D eigenvalue weighted by Gasteiger charge is 2.50. The molecule has 0 aromatic heterocycles. The first-order valence-corrected chi connectivity index (χ1v) is 4.27. The molecule has 3 nitrogen and oxygen atoms in total. The first-order chi connectivity index (χ1) is 5.37. The van der Waals surface area contributed by atoms with Crippen LogP contribution in [0, 0.1) is 0 Å². The number of hydrogen-bond acceptors (Lipinski definition) is 3. The molecule has 0 spiro atoms. The lowest BCUT2D eigenvalue weighted by Gasteiger charge is -2.49. The highest BCUT2D eigenvalue weighted by atomic mass is 16.7. The van der Waals surface area contributed by atoms with Crippen LogP contribution in [-0.2, 0) is 14.2 Å². The van der Waals surface area contributed by atoms with Crippen molar-refractivity contribution in [3.63, 3.8) is 0 Å². The Morgan fingerprint density at radius 3 is 2.55 bits per heavy atom. The second kappa shape index (κ2) is 2.73. The van der Waals surface area contributed by atoms with Gasteiger partial charge in [0.2, 0.25) is 0 Å². The van der Waals surface area contributed by atoms with Crippen molar-refractivity contribution in [1.82, 2.24) is 0 Å². The van der Waals surface area contributed by atoms with Gasteiger partial charge in [-0.1, -0.05) is 0 Å². The van der Waals surface area contributed by atoms with E-state index in [1.807, 2.05) is 6.92 Å². The molecule has 0 N–H and O–H groups in total. The fourth-order valence-electron chi connectivity index (χ4n) is 1.59. The van der Waals surface area contributed by atoms with E-state index in [1.54, 1.807) is 0 Å². The molecule has 2 aliphatic heterocycles. The molecule has 0 radical (unpaired) electrons. The standard InChI is InChI=1S/C8H14O3/c1-2-10-8(4-6-11-8)7-3-5-9-7/h7H,2-6H2,1H3. The third-order valence-electron chi connectivity index (χ3n) is 2.38. The molecule has 2 aliphatic rings. The molecule has 3 heteroatoms. The van der Waals surface area contributed by atoms with Crippen LogP contribution in [0.5, 0.6) is 0 Å². The summed E-state index contributed by atoms with van der Waals surface area (Å²) in [5.41, 5.74) is 0. The molecular formula is C8H14O3. The minimum atomic E-state index is -0.354. The summed E-state index contributed by atoms with van der Waals surface area (Å²) in [6.07, 6.45) is 2.28. The Hall–Kier alpha value is -0.120. The summed E-state index contributed by atoms with van der Waals surface area (Å²) in [6, 6.07) is 0. The quantitative estimate of drug-likeness (QED) is 0.611. The predicted molar refractivity (Wildman–Crippen MR) is 39.3 cm³/mol. The van der Waals surface area contributed by atoms with E-state index in [2.05, 4.69) is 0 Å². The molecule has 2 unspecified atom stereocenters. The summed E-state index contributed by atoms with van der Waals surface area (Å²) in [5, 5.41) is 0. The first kappa shape index (κ1) is 7.53. The first-order valence-electron chi connectivity index (χ1n) is 4.27. The number of ether oxygens (including phenoxy) is 3. The fourth-order valence-corrected chi connectivity index (χ4v) is 1.59. The van der Waals surface area contributed by atoms with Crippen LogP contribution >= 0.6 is 0 Å². The van der Waals surface area contributed by atoms with Gasteiger partial charge in [-0.05, 0) is 6.92 Å². The lowest BCUT2D eigenvalue weighted by atomic mass is 9.96. The van der Waals surface area contributed by atoms with Gasteiger partial charge in [-0.25, -0.2) is 0 Å². The number of rotatable bonds is 3. The fraction of sp³-hybridized carbons (Fsp3) is 1.00. The van der Waals surface area contributed by atoms with Gasteiger partial charge >= 0.3 is 0 Å². The van der Waals surface area contributed by atoms with E-state index in [0.717, 1.165) is 26.1 Å². The molecule has 0 aromatic rings. The van der Waals surface area contributed by atoms with Crippen LogP contribution < -0.4 is 0 Å². The van der Waals surface area contributed by atoms with Gasteiger partial charge in [-0.3, -0.25) is 0 Å². The van der Waals surface area contributed by atoms with Crippen molar-refractivity contribution >= 4 is 0 Å². The van der Waals surface area contributed by atoms with Gasteiger partial charge in [0.25, 0.3) is 0 Å². The van der Waals surface area contributed by atoms with E-state index in [-0.39, 0.29) is 11.9 Å². The van der Waals surface area contributed by atoms with Crippen molar-refractivity contribution in [3.05, 3.63) is 0 Å². The molecule has 0 aromatic carbocycles. The highest BCUT2D eigenvalue weighted by molar-refractivity contribution is 4.90. The van der Waals surface area contributed by atoms with E-state index in [9.17, 15) is 0 Å². The van der Waals surface area contributed by atoms with E-state index in [4.69, 9.17) is 14.2 Å². The Labute approximate surface area is 66.6 Å². The minimum Gasteiger partial charge on any atom is -0.372 e. The van der Waals surface area contributed by atoms with Crippen LogP contribution in [0.2, 0.25) is 0 Å². The summed E-state index contributed by atoms with van der Waals surface area (Å²) in [4.78, 5) is 0. The maximum Gasteiger partial charge on any atom is 0.196 e. The van der Waals surface area contributed by atoms with Crippen LogP contribution in [0.1, 0.15) is 19.8 Å². The number of hydrogen-bond donors (Lipinski definition) is 0. The van der Waals surface area contributed by atoms with Crippen molar-refractivity contribution in [2.24, 2.45) is 0 Å². The molecule has 0 aliphatic carbocycles. The summed E-state index contributed by atoms with van der Waals surface area (Å²) in [6.45, 7) is 4.38. The van der Waals surface area contributed by atoms with Gasteiger partial charge < -0.3 is 14.2 Å². The van der Waals surface area contributed by atoms with Crippen molar-refractivity contribution < 1.29 is 14.2 Å². The molecule has 2 atom stereocenters. The van der Waals surface area contributed by atoms with Gasteiger partial charge in [0.1, 0.15) is 6.10 Å². The summed E-state index contributed by atoms with van der Waals surface area (Å²) in [7, 11) is 0. The largest absolute Gasteiger partial charge is 0.372 e. The van der Waals surface area contributed by atoms with Crippen LogP contribution in [0.15, 0.2) is 0 Å². The van der Waals surface area contributed by atoms with Crippen molar-refractivity contribution in [2.45, 2.75) is 31.7 Å². The van der Waals surface area contributed by atoms with E-state index in [0.29, 0.717) is 6.61 Å². The predicted octanol–water partition coefficient (Wildman–Crippen LogP) is 0.928. The third-order valence-corrected chi connectivity index (χ3v) is 2.38. The summed E-state index contributed by atoms with van der Waals surface area (Å²) >= 11 is 0. The molecule has 2 heterocycles. The van der Waals surface area contributed by atoms with Crippen LogP contribution in [0.3, 0.4) is 0 Å². The van der Waals surface area contributed by atoms with Gasteiger partial charge in [0.15, 0.2) is 5.79 Å². The maximum absolute atomic E-state index is 5.52. The maximum atomic E-state index is 5.52. The topological polar surface area (TPSA) is 27.7 Å². The molecule has 11 heavy (non-hydrogen) atoms. The summed E-state index contributed by atoms with van der Waals surface area (Å²) in [5.74, 6) is -0.354. The SMILES string of the molecule is CCOC1(C2CCO2)CCO1. The molecule has 2 rings (SSSR count). The van der Waals surface area contributed by atoms with Crippen molar-refractivity contribution in [2.75, 3.05) is 19.8 Å². The van der Waals surface area contributed by atoms with Gasteiger partial charge in [-0.15, -0.1) is 0 Å². The second-order valence-corrected chi connectivity index (χ2v) is 2.99. The summed E-state index contributed by atoms with van der Waals surface area (Å²) < 4.78 is 16.3. The zero-order valence-electron chi connectivity index (χ0n) is 6.84. The van der Waals surface area contributed by atoms with Gasteiger partial charge in [-0.2, -0.15) is 0 Å². The lowest BCUT2D eigenvalue weighted by molar-refractivity contribution is -0.370. The van der Waals surface area contributed by atoms with Crippen molar-refractivity contribution in [1.29, 1.82) is 0 Å². The Morgan fingerprint density at radius 2 is 2.27 bits per heavy atom. The highest BCUT2D eigenvalue weighted by Crippen LogP contribution is 2.38. The molecule has 64 valence electrons. The minimum absolute atomic E-state index is 0.205. The Morgan fingerprint density at radius 1 is 1.55 bits per heavy atom. The van der Waals surface area contributed by atoms with Crippen LogP contribution in [0.25, 0.3) is 0 Å². The zero-order valence-corrected chi connectivity index (χ0v) is 6.84. The Kier molecular flexibility index (Phi) is 1.87. The Balaban J connectivity index is 1.92. The third kappa shape index (κ3) is 1.08. The van der Waals surface area contributed by atoms with Crippen LogP contribution in [-0.4, -0.2) is 31.7 Å². The van der Waals surface area contributed by atoms with Gasteiger partial charge in [0.05, 0.1) is 6.61 Å². The Bertz CT molecular complexity index is 138. The molecule has 2 saturated heterocycles. The van der Waals surface area contributed by atoms with E-state index in [1.165, 1.54) is 0 Å². The smallest absolute Gasteiger partial charge is 0.196 e. The zero-order chi connectivity index (χ0) is 7.73. The average molecular weight is 158 g/mol. The van der Waals surface area contributed by atoms with E-state index >= 15 is 0 Å². The molecular weight excluding hydrogens is 144 g/mol.